The predicted molar refractivity (Wildman–Crippen MR) is 127 cm³/mol. The summed E-state index contributed by atoms with van der Waals surface area (Å²) in [7, 11) is 1.37. The van der Waals surface area contributed by atoms with Crippen LogP contribution < -0.4 is 14.2 Å². The Kier molecular flexibility index (Phi) is 6.50. The minimum absolute atomic E-state index is 0.111. The number of carbonyl (C=O) groups is 2. The van der Waals surface area contributed by atoms with Gasteiger partial charge < -0.3 is 33.9 Å². The number of rotatable bonds is 6. The average molecular weight is 521 g/mol. The second-order valence-electron chi connectivity index (χ2n) is 8.18. The number of amides is 1. The van der Waals surface area contributed by atoms with Crippen molar-refractivity contribution in [2.24, 2.45) is 0 Å². The number of alkyl halides is 2. The highest BCUT2D eigenvalue weighted by Gasteiger charge is 2.43. The largest absolute Gasteiger partial charge is 0.454 e. The van der Waals surface area contributed by atoms with E-state index in [1.54, 1.807) is 29.2 Å². The van der Waals surface area contributed by atoms with Crippen molar-refractivity contribution < 1.29 is 33.6 Å². The molecule has 3 heterocycles. The zero-order valence-electron chi connectivity index (χ0n) is 18.6. The molecule has 0 saturated carbocycles. The van der Waals surface area contributed by atoms with Gasteiger partial charge in [-0.3, -0.25) is 9.59 Å². The van der Waals surface area contributed by atoms with Crippen LogP contribution in [0.1, 0.15) is 22.9 Å². The van der Waals surface area contributed by atoms with Crippen LogP contribution >= 0.6 is 23.2 Å². The van der Waals surface area contributed by atoms with E-state index in [-0.39, 0.29) is 30.9 Å². The number of H-pyrrole nitrogens is 1. The van der Waals surface area contributed by atoms with Gasteiger partial charge >= 0.3 is 5.97 Å². The molecule has 3 aromatic rings. The highest BCUT2D eigenvalue weighted by atomic mass is 35.5. The first-order chi connectivity index (χ1) is 16.9. The Hall–Kier alpha value is -2.98. The lowest BCUT2D eigenvalue weighted by Gasteiger charge is -2.43. The van der Waals surface area contributed by atoms with Crippen molar-refractivity contribution in [2.45, 2.75) is 24.8 Å². The van der Waals surface area contributed by atoms with E-state index in [2.05, 4.69) is 4.98 Å². The molecular formula is C24H22Cl2N2O7. The van der Waals surface area contributed by atoms with Crippen LogP contribution in [-0.4, -0.2) is 64.9 Å². The number of carbonyl (C=O) groups excluding carboxylic acids is 2. The monoisotopic (exact) mass is 520 g/mol. The van der Waals surface area contributed by atoms with Crippen LogP contribution in [0.2, 0.25) is 0 Å². The molecule has 2 N–H and O–H groups in total. The number of benzene rings is 2. The average Bonchev–Trinajstić information content (AvgIpc) is 3.50. The maximum absolute atomic E-state index is 13.1. The van der Waals surface area contributed by atoms with E-state index < -0.39 is 24.3 Å². The number of aromatic nitrogens is 1. The van der Waals surface area contributed by atoms with Gasteiger partial charge in [0, 0.05) is 30.1 Å². The summed E-state index contributed by atoms with van der Waals surface area (Å²) in [5.41, 5.74) is 3.11. The van der Waals surface area contributed by atoms with Crippen molar-refractivity contribution in [3.8, 4) is 17.2 Å². The minimum Gasteiger partial charge on any atom is -0.454 e. The van der Waals surface area contributed by atoms with Crippen molar-refractivity contribution in [1.29, 1.82) is 0 Å². The fourth-order valence-corrected chi connectivity index (χ4v) is 4.96. The summed E-state index contributed by atoms with van der Waals surface area (Å²) in [5.74, 6) is 0.0261. The molecule has 1 aromatic heterocycles. The Morgan fingerprint density at radius 3 is 2.71 bits per heavy atom. The molecule has 35 heavy (non-hydrogen) atoms. The molecule has 2 aromatic carbocycles. The number of nitrogens with zero attached hydrogens (tertiary/aromatic N) is 1. The van der Waals surface area contributed by atoms with Gasteiger partial charge in [-0.2, -0.15) is 0 Å². The second kappa shape index (κ2) is 9.58. The van der Waals surface area contributed by atoms with Gasteiger partial charge in [-0.1, -0.05) is 6.07 Å². The Morgan fingerprint density at radius 2 is 1.97 bits per heavy atom. The van der Waals surface area contributed by atoms with Crippen molar-refractivity contribution in [3.05, 3.63) is 53.2 Å². The SMILES string of the molecule is COC(O)[C@H]1Cc2c([nH]c3ccc(OC(=O)CCl)cc23)[C@@H](c2ccc3c(c2)OCO3)N1C(=O)CCl. The number of aliphatic hydroxyl groups excluding tert-OH is 1. The number of aliphatic hydroxyl groups is 1. The van der Waals surface area contributed by atoms with Gasteiger partial charge in [-0.15, -0.1) is 23.2 Å². The zero-order valence-corrected chi connectivity index (χ0v) is 20.1. The normalized spacial score (nSPS) is 19.5. The number of hydrogen-bond donors (Lipinski definition) is 2. The number of hydrogen-bond acceptors (Lipinski definition) is 7. The lowest BCUT2D eigenvalue weighted by atomic mass is 9.87. The third kappa shape index (κ3) is 4.18. The highest BCUT2D eigenvalue weighted by molar-refractivity contribution is 6.27. The van der Waals surface area contributed by atoms with Gasteiger partial charge in [-0.05, 0) is 41.5 Å². The van der Waals surface area contributed by atoms with Crippen LogP contribution in [0, 0.1) is 0 Å². The third-order valence-corrected chi connectivity index (χ3v) is 6.71. The van der Waals surface area contributed by atoms with Gasteiger partial charge in [-0.25, -0.2) is 0 Å². The summed E-state index contributed by atoms with van der Waals surface area (Å²) in [4.78, 5) is 29.8. The number of aromatic amines is 1. The molecule has 0 bridgehead atoms. The first-order valence-corrected chi connectivity index (χ1v) is 11.9. The number of nitrogens with one attached hydrogen (secondary N) is 1. The Labute approximate surface area is 210 Å². The lowest BCUT2D eigenvalue weighted by Crippen LogP contribution is -2.54. The molecule has 0 saturated heterocycles. The topological polar surface area (TPSA) is 110 Å². The molecule has 5 rings (SSSR count). The number of ether oxygens (including phenoxy) is 4. The molecule has 2 aliphatic heterocycles. The fourth-order valence-electron chi connectivity index (χ4n) is 4.76. The fraction of sp³-hybridized carbons (Fsp3) is 0.333. The second-order valence-corrected chi connectivity index (χ2v) is 8.71. The number of esters is 1. The summed E-state index contributed by atoms with van der Waals surface area (Å²) in [6, 6.07) is 9.26. The van der Waals surface area contributed by atoms with Crippen LogP contribution in [0.25, 0.3) is 10.9 Å². The molecule has 0 spiro atoms. The molecule has 1 unspecified atom stereocenters. The van der Waals surface area contributed by atoms with E-state index in [0.29, 0.717) is 17.2 Å². The van der Waals surface area contributed by atoms with Crippen LogP contribution in [0.4, 0.5) is 0 Å². The number of fused-ring (bicyclic) bond motifs is 4. The summed E-state index contributed by atoms with van der Waals surface area (Å²) < 4.78 is 21.5. The molecule has 1 amide bonds. The van der Waals surface area contributed by atoms with Crippen molar-refractivity contribution in [2.75, 3.05) is 25.7 Å². The van der Waals surface area contributed by atoms with Gasteiger partial charge in [0.05, 0.1) is 12.1 Å². The van der Waals surface area contributed by atoms with Crippen LogP contribution in [0.15, 0.2) is 36.4 Å². The van der Waals surface area contributed by atoms with E-state index in [1.807, 2.05) is 12.1 Å². The molecule has 184 valence electrons. The summed E-state index contributed by atoms with van der Waals surface area (Å²) in [6.45, 7) is 0.111. The molecule has 0 radical (unpaired) electrons. The van der Waals surface area contributed by atoms with E-state index >= 15 is 0 Å². The van der Waals surface area contributed by atoms with Gasteiger partial charge in [0.15, 0.2) is 17.8 Å². The van der Waals surface area contributed by atoms with E-state index in [9.17, 15) is 14.7 Å². The molecule has 2 aliphatic rings. The Morgan fingerprint density at radius 1 is 1.17 bits per heavy atom. The highest BCUT2D eigenvalue weighted by Crippen LogP contribution is 2.45. The summed E-state index contributed by atoms with van der Waals surface area (Å²) >= 11 is 11.6. The molecule has 0 aliphatic carbocycles. The Balaban J connectivity index is 1.70. The maximum Gasteiger partial charge on any atom is 0.326 e. The van der Waals surface area contributed by atoms with E-state index in [4.69, 9.17) is 42.1 Å². The van der Waals surface area contributed by atoms with Crippen molar-refractivity contribution >= 4 is 46.0 Å². The summed E-state index contributed by atoms with van der Waals surface area (Å²) in [6.07, 6.45) is -0.991. The molecule has 11 heteroatoms. The number of halogens is 2. The van der Waals surface area contributed by atoms with E-state index in [1.165, 1.54) is 7.11 Å². The van der Waals surface area contributed by atoms with Crippen LogP contribution in [0.3, 0.4) is 0 Å². The smallest absolute Gasteiger partial charge is 0.326 e. The summed E-state index contributed by atoms with van der Waals surface area (Å²) in [5, 5.41) is 11.5. The van der Waals surface area contributed by atoms with Gasteiger partial charge in [0.1, 0.15) is 17.5 Å². The third-order valence-electron chi connectivity index (χ3n) is 6.26. The van der Waals surface area contributed by atoms with Crippen LogP contribution in [0.5, 0.6) is 17.2 Å². The maximum atomic E-state index is 13.1. The van der Waals surface area contributed by atoms with Gasteiger partial charge in [0.2, 0.25) is 12.7 Å². The van der Waals surface area contributed by atoms with Crippen molar-refractivity contribution in [1.82, 2.24) is 9.88 Å². The predicted octanol–water partition coefficient (Wildman–Crippen LogP) is 3.09. The number of methoxy groups -OCH3 is 1. The first kappa shape index (κ1) is 23.7. The van der Waals surface area contributed by atoms with Gasteiger partial charge in [0.25, 0.3) is 0 Å². The quantitative estimate of drug-likeness (QED) is 0.222. The van der Waals surface area contributed by atoms with Crippen molar-refractivity contribution in [3.63, 3.8) is 0 Å². The molecule has 3 atom stereocenters. The lowest BCUT2D eigenvalue weighted by molar-refractivity contribution is -0.157. The molecule has 0 fully saturated rings. The Bertz CT molecular complexity index is 1290. The molecule has 9 nitrogen and oxygen atoms in total. The first-order valence-electron chi connectivity index (χ1n) is 10.8. The standard InChI is InChI=1S/C24H22Cl2N2O7/c1-32-24(31)17-8-15-14-7-13(35-21(30)10-26)3-4-16(14)27-22(15)23(28(17)20(29)9-25)12-2-5-18-19(6-12)34-11-33-18/h2-7,17,23-24,27,31H,8-11H2,1H3/t17-,23-,24?/m1/s1. The zero-order chi connectivity index (χ0) is 24.7. The molecular weight excluding hydrogens is 499 g/mol. The van der Waals surface area contributed by atoms with Crippen LogP contribution in [-0.2, 0) is 20.7 Å². The van der Waals surface area contributed by atoms with E-state index in [0.717, 1.165) is 27.7 Å². The minimum atomic E-state index is -1.27.